The van der Waals surface area contributed by atoms with E-state index in [0.717, 1.165) is 27.3 Å². The second kappa shape index (κ2) is 7.28. The van der Waals surface area contributed by atoms with Gasteiger partial charge in [-0.15, -0.1) is 0 Å². The summed E-state index contributed by atoms with van der Waals surface area (Å²) in [5.74, 6) is -0.458. The molecular formula is C27H31F3O4S. The standard InChI is InChI=1S/C27H31F3O4S/c1-24(2,3)16-12-18(26(7,8)9)22-20-14(16)10-11-15-17(25(4,5)6)13-19(23(33-22)21(15)20)34-35(31,32)27(28,29)30/h10-13H,1-9H3. The molecule has 1 heterocycles. The molecule has 0 aliphatic carbocycles. The molecule has 35 heavy (non-hydrogen) atoms. The largest absolute Gasteiger partial charge is 0.534 e. The first kappa shape index (κ1) is 25.6. The van der Waals surface area contributed by atoms with E-state index in [1.54, 1.807) is 0 Å². The number of hydrogen-bond donors (Lipinski definition) is 0. The van der Waals surface area contributed by atoms with Crippen molar-refractivity contribution < 1.29 is 30.2 Å². The molecule has 0 spiro atoms. The van der Waals surface area contributed by atoms with Crippen molar-refractivity contribution in [1.82, 2.24) is 0 Å². The van der Waals surface area contributed by atoms with Gasteiger partial charge in [0.2, 0.25) is 0 Å². The SMILES string of the molecule is CC(C)(C)c1cc(OS(=O)(=O)C(F)(F)F)c2oc3c(C(C)(C)C)cc(C(C)(C)C)c4ccc1c2c43. The van der Waals surface area contributed by atoms with Gasteiger partial charge in [0, 0.05) is 16.3 Å². The fourth-order valence-corrected chi connectivity index (χ4v) is 5.13. The average Bonchev–Trinajstić information content (AvgIpc) is 3.04. The molecule has 0 saturated heterocycles. The second-order valence-electron chi connectivity index (χ2n) is 12.3. The molecule has 0 aliphatic heterocycles. The molecule has 0 radical (unpaired) electrons. The zero-order valence-corrected chi connectivity index (χ0v) is 22.3. The number of benzene rings is 3. The highest BCUT2D eigenvalue weighted by atomic mass is 32.2. The van der Waals surface area contributed by atoms with Crippen LogP contribution >= 0.6 is 0 Å². The Balaban J connectivity index is 2.27. The van der Waals surface area contributed by atoms with Crippen molar-refractivity contribution in [3.05, 3.63) is 41.0 Å². The van der Waals surface area contributed by atoms with E-state index in [2.05, 4.69) is 26.8 Å². The topological polar surface area (TPSA) is 56.5 Å². The molecule has 4 rings (SSSR count). The first-order chi connectivity index (χ1) is 15.6. The maximum atomic E-state index is 13.3. The van der Waals surface area contributed by atoms with Gasteiger partial charge in [-0.1, -0.05) is 80.5 Å². The van der Waals surface area contributed by atoms with Crippen LogP contribution in [0.3, 0.4) is 0 Å². The van der Waals surface area contributed by atoms with E-state index in [9.17, 15) is 21.6 Å². The van der Waals surface area contributed by atoms with Gasteiger partial charge in [-0.25, -0.2) is 0 Å². The van der Waals surface area contributed by atoms with E-state index in [0.29, 0.717) is 16.5 Å². The molecule has 1 aromatic heterocycles. The summed E-state index contributed by atoms with van der Waals surface area (Å²) in [6.45, 7) is 18.2. The van der Waals surface area contributed by atoms with Gasteiger partial charge in [-0.05, 0) is 44.2 Å². The number of hydrogen-bond acceptors (Lipinski definition) is 4. The lowest BCUT2D eigenvalue weighted by atomic mass is 9.76. The predicted octanol–water partition coefficient (Wildman–Crippen LogP) is 8.30. The van der Waals surface area contributed by atoms with Gasteiger partial charge in [-0.2, -0.15) is 21.6 Å². The molecule has 0 amide bonds. The van der Waals surface area contributed by atoms with Crippen LogP contribution in [0.25, 0.3) is 32.7 Å². The summed E-state index contributed by atoms with van der Waals surface area (Å²) in [6.07, 6.45) is 0. The monoisotopic (exact) mass is 508 g/mol. The lowest BCUT2D eigenvalue weighted by Crippen LogP contribution is -2.28. The quantitative estimate of drug-likeness (QED) is 0.155. The minimum Gasteiger partial charge on any atom is -0.452 e. The molecule has 4 nitrogen and oxygen atoms in total. The molecular weight excluding hydrogens is 477 g/mol. The van der Waals surface area contributed by atoms with E-state index < -0.39 is 26.8 Å². The lowest BCUT2D eigenvalue weighted by Gasteiger charge is -2.27. The molecule has 0 fully saturated rings. The van der Waals surface area contributed by atoms with Gasteiger partial charge in [0.1, 0.15) is 5.58 Å². The van der Waals surface area contributed by atoms with E-state index >= 15 is 0 Å². The fraction of sp³-hybridized carbons (Fsp3) is 0.481. The molecule has 8 heteroatoms. The van der Waals surface area contributed by atoms with Crippen molar-refractivity contribution in [2.24, 2.45) is 0 Å². The second-order valence-corrected chi connectivity index (χ2v) is 13.8. The molecule has 0 aliphatic rings. The fourth-order valence-electron chi connectivity index (χ4n) is 4.68. The van der Waals surface area contributed by atoms with Crippen LogP contribution in [-0.2, 0) is 26.4 Å². The average molecular weight is 509 g/mol. The summed E-state index contributed by atoms with van der Waals surface area (Å²) in [7, 11) is -5.89. The molecule has 0 bridgehead atoms. The van der Waals surface area contributed by atoms with Crippen LogP contribution in [0.1, 0.15) is 79.0 Å². The Labute approximate surface area is 203 Å². The van der Waals surface area contributed by atoms with Gasteiger partial charge >= 0.3 is 15.6 Å². The number of halogens is 3. The molecule has 0 atom stereocenters. The molecule has 190 valence electrons. The van der Waals surface area contributed by atoms with E-state index in [1.807, 2.05) is 53.7 Å². The normalized spacial score (nSPS) is 14.5. The Morgan fingerprint density at radius 3 is 1.54 bits per heavy atom. The van der Waals surface area contributed by atoms with Crippen LogP contribution in [0, 0.1) is 0 Å². The molecule has 0 unspecified atom stereocenters. The van der Waals surface area contributed by atoms with Crippen molar-refractivity contribution in [3.63, 3.8) is 0 Å². The van der Waals surface area contributed by atoms with Crippen molar-refractivity contribution in [3.8, 4) is 5.75 Å². The lowest BCUT2D eigenvalue weighted by molar-refractivity contribution is -0.0499. The number of rotatable bonds is 2. The summed E-state index contributed by atoms with van der Waals surface area (Å²) >= 11 is 0. The first-order valence-electron chi connectivity index (χ1n) is 11.4. The van der Waals surface area contributed by atoms with Crippen molar-refractivity contribution in [1.29, 1.82) is 0 Å². The smallest absolute Gasteiger partial charge is 0.452 e. The highest BCUT2D eigenvalue weighted by molar-refractivity contribution is 7.88. The van der Waals surface area contributed by atoms with E-state index in [-0.39, 0.29) is 16.4 Å². The van der Waals surface area contributed by atoms with Gasteiger partial charge < -0.3 is 8.60 Å². The number of alkyl halides is 3. The third kappa shape index (κ3) is 4.03. The molecule has 3 aromatic carbocycles. The number of furan rings is 1. The van der Waals surface area contributed by atoms with E-state index in [4.69, 9.17) is 8.60 Å². The minimum absolute atomic E-state index is 0.00187. The highest BCUT2D eigenvalue weighted by Gasteiger charge is 2.49. The minimum atomic E-state index is -5.89. The Hall–Kier alpha value is -2.48. The van der Waals surface area contributed by atoms with Crippen LogP contribution in [-0.4, -0.2) is 13.9 Å². The maximum Gasteiger partial charge on any atom is 0.534 e. The van der Waals surface area contributed by atoms with Gasteiger partial charge in [0.15, 0.2) is 11.3 Å². The van der Waals surface area contributed by atoms with Crippen LogP contribution in [0.5, 0.6) is 5.75 Å². The Bertz CT molecular complexity index is 1560. The third-order valence-electron chi connectivity index (χ3n) is 6.38. The van der Waals surface area contributed by atoms with Gasteiger partial charge in [-0.3, -0.25) is 0 Å². The molecule has 4 aromatic rings. The van der Waals surface area contributed by atoms with Crippen molar-refractivity contribution >= 4 is 42.8 Å². The zero-order valence-electron chi connectivity index (χ0n) is 21.5. The molecule has 0 saturated carbocycles. The maximum absolute atomic E-state index is 13.3. The predicted molar refractivity (Wildman–Crippen MR) is 134 cm³/mol. The van der Waals surface area contributed by atoms with Crippen LogP contribution in [0.2, 0.25) is 0 Å². The van der Waals surface area contributed by atoms with Gasteiger partial charge in [0.25, 0.3) is 0 Å². The Kier molecular flexibility index (Phi) is 5.32. The summed E-state index contributed by atoms with van der Waals surface area (Å²) in [5.41, 5.74) is -3.49. The summed E-state index contributed by atoms with van der Waals surface area (Å²) in [4.78, 5) is 0. The third-order valence-corrected chi connectivity index (χ3v) is 7.35. The first-order valence-corrected chi connectivity index (χ1v) is 12.9. The van der Waals surface area contributed by atoms with Crippen LogP contribution in [0.4, 0.5) is 13.2 Å². The highest BCUT2D eigenvalue weighted by Crippen LogP contribution is 2.50. The zero-order chi connectivity index (χ0) is 26.5. The van der Waals surface area contributed by atoms with Crippen LogP contribution in [0.15, 0.2) is 28.7 Å². The summed E-state index contributed by atoms with van der Waals surface area (Å²) in [6, 6.07) is 7.41. The Morgan fingerprint density at radius 1 is 0.686 bits per heavy atom. The molecule has 0 N–H and O–H groups in total. The summed E-state index contributed by atoms with van der Waals surface area (Å²) < 4.78 is 74.8. The van der Waals surface area contributed by atoms with Crippen LogP contribution < -0.4 is 4.18 Å². The van der Waals surface area contributed by atoms with Crippen molar-refractivity contribution in [2.45, 2.75) is 84.1 Å². The van der Waals surface area contributed by atoms with Crippen molar-refractivity contribution in [2.75, 3.05) is 0 Å². The van der Waals surface area contributed by atoms with Gasteiger partial charge in [0.05, 0.1) is 0 Å². The Morgan fingerprint density at radius 2 is 1.11 bits per heavy atom. The van der Waals surface area contributed by atoms with E-state index in [1.165, 1.54) is 6.07 Å². The summed E-state index contributed by atoms with van der Waals surface area (Å²) in [5, 5.41) is 3.06.